The molecule has 0 bridgehead atoms. The second kappa shape index (κ2) is 4.91. The monoisotopic (exact) mass is 280 g/mol. The Morgan fingerprint density at radius 1 is 1.37 bits per heavy atom. The third-order valence-electron chi connectivity index (χ3n) is 4.49. The predicted molar refractivity (Wildman–Crippen MR) is 77.8 cm³/mol. The molecule has 2 fully saturated rings. The van der Waals surface area contributed by atoms with Crippen LogP contribution < -0.4 is 5.32 Å². The Balaban J connectivity index is 1.69. The normalized spacial score (nSPS) is 21.3. The second-order valence-electron chi connectivity index (χ2n) is 6.03. The molecule has 2 saturated carbocycles. The van der Waals surface area contributed by atoms with Crippen LogP contribution in [0.3, 0.4) is 0 Å². The van der Waals surface area contributed by atoms with Gasteiger partial charge in [-0.3, -0.25) is 0 Å². The van der Waals surface area contributed by atoms with Crippen molar-refractivity contribution in [3.05, 3.63) is 17.0 Å². The highest BCUT2D eigenvalue weighted by molar-refractivity contribution is 6.29. The summed E-state index contributed by atoms with van der Waals surface area (Å²) in [6.07, 6.45) is 6.21. The first-order chi connectivity index (χ1) is 9.09. The maximum atomic E-state index is 6.08. The summed E-state index contributed by atoms with van der Waals surface area (Å²) in [7, 11) is 4.31. The maximum Gasteiger partial charge on any atom is 0.135 e. The molecular formula is C14H21ClN4. The van der Waals surface area contributed by atoms with Gasteiger partial charge in [0.25, 0.3) is 0 Å². The first-order valence-corrected chi connectivity index (χ1v) is 7.43. The quantitative estimate of drug-likeness (QED) is 0.842. The van der Waals surface area contributed by atoms with E-state index in [0.717, 1.165) is 18.2 Å². The predicted octanol–water partition coefficient (Wildman–Crippen LogP) is 2.90. The molecular weight excluding hydrogens is 260 g/mol. The molecule has 0 unspecified atom stereocenters. The van der Waals surface area contributed by atoms with Gasteiger partial charge in [0.05, 0.1) is 0 Å². The Kier molecular flexibility index (Phi) is 3.39. The highest BCUT2D eigenvalue weighted by Crippen LogP contribution is 2.39. The van der Waals surface area contributed by atoms with E-state index in [9.17, 15) is 0 Å². The fourth-order valence-electron chi connectivity index (χ4n) is 2.67. The van der Waals surface area contributed by atoms with Crippen LogP contribution in [0.15, 0.2) is 6.07 Å². The highest BCUT2D eigenvalue weighted by atomic mass is 35.5. The Hall–Kier alpha value is -0.870. The third-order valence-corrected chi connectivity index (χ3v) is 4.68. The van der Waals surface area contributed by atoms with Gasteiger partial charge in [0.2, 0.25) is 0 Å². The Morgan fingerprint density at radius 2 is 2.11 bits per heavy atom. The second-order valence-corrected chi connectivity index (χ2v) is 6.42. The first kappa shape index (κ1) is 13.1. The topological polar surface area (TPSA) is 41.0 Å². The van der Waals surface area contributed by atoms with Crippen molar-refractivity contribution in [2.75, 3.05) is 26.0 Å². The van der Waals surface area contributed by atoms with Crippen molar-refractivity contribution in [1.82, 2.24) is 14.9 Å². The van der Waals surface area contributed by atoms with Gasteiger partial charge in [-0.1, -0.05) is 11.6 Å². The molecule has 3 rings (SSSR count). The molecule has 1 N–H and O–H groups in total. The van der Waals surface area contributed by atoms with Crippen LogP contribution in [-0.2, 0) is 0 Å². The van der Waals surface area contributed by atoms with Crippen LogP contribution in [0.25, 0.3) is 0 Å². The molecule has 0 saturated heterocycles. The molecule has 0 atom stereocenters. The number of rotatable bonds is 5. The van der Waals surface area contributed by atoms with Gasteiger partial charge in [0, 0.05) is 24.1 Å². The molecule has 0 spiro atoms. The van der Waals surface area contributed by atoms with E-state index in [0.29, 0.717) is 11.1 Å². The molecule has 5 heteroatoms. The Morgan fingerprint density at radius 3 is 2.63 bits per heavy atom. The maximum absolute atomic E-state index is 6.08. The zero-order valence-electron chi connectivity index (χ0n) is 11.6. The van der Waals surface area contributed by atoms with E-state index in [1.54, 1.807) is 0 Å². The van der Waals surface area contributed by atoms with Gasteiger partial charge >= 0.3 is 0 Å². The summed E-state index contributed by atoms with van der Waals surface area (Å²) in [5.74, 6) is 2.31. The molecule has 0 aromatic carbocycles. The van der Waals surface area contributed by atoms with Crippen molar-refractivity contribution in [2.24, 2.45) is 0 Å². The van der Waals surface area contributed by atoms with Crippen LogP contribution in [0, 0.1) is 0 Å². The van der Waals surface area contributed by atoms with Gasteiger partial charge in [-0.05, 0) is 46.2 Å². The molecule has 0 amide bonds. The number of anilines is 1. The van der Waals surface area contributed by atoms with Crippen molar-refractivity contribution < 1.29 is 0 Å². The van der Waals surface area contributed by atoms with Crippen LogP contribution >= 0.6 is 11.6 Å². The average molecular weight is 281 g/mol. The lowest BCUT2D eigenvalue weighted by molar-refractivity contribution is 0.0738. The SMILES string of the molecule is CN(C)C1(CNc2cc(Cl)nc(C3CC3)n2)CCC1. The zero-order chi connectivity index (χ0) is 13.5. The summed E-state index contributed by atoms with van der Waals surface area (Å²) >= 11 is 6.08. The van der Waals surface area contributed by atoms with Crippen molar-refractivity contribution in [1.29, 1.82) is 0 Å². The number of hydrogen-bond acceptors (Lipinski definition) is 4. The standard InChI is InChI=1S/C14H21ClN4/c1-19(2)14(6-3-7-14)9-16-12-8-11(15)17-13(18-12)10-4-5-10/h8,10H,3-7,9H2,1-2H3,(H,16,17,18). The summed E-state index contributed by atoms with van der Waals surface area (Å²) in [6, 6.07) is 1.83. The van der Waals surface area contributed by atoms with Gasteiger partial charge in [-0.25, -0.2) is 9.97 Å². The van der Waals surface area contributed by atoms with Gasteiger partial charge in [-0.2, -0.15) is 0 Å². The molecule has 2 aliphatic rings. The minimum atomic E-state index is 0.289. The van der Waals surface area contributed by atoms with E-state index in [-0.39, 0.29) is 5.54 Å². The van der Waals surface area contributed by atoms with E-state index in [1.807, 2.05) is 6.07 Å². The van der Waals surface area contributed by atoms with Crippen molar-refractivity contribution in [2.45, 2.75) is 43.6 Å². The fourth-order valence-corrected chi connectivity index (χ4v) is 2.86. The van der Waals surface area contributed by atoms with Crippen LogP contribution in [0.1, 0.15) is 43.8 Å². The zero-order valence-corrected chi connectivity index (χ0v) is 12.4. The molecule has 0 radical (unpaired) electrons. The van der Waals surface area contributed by atoms with Gasteiger partial charge in [0.1, 0.15) is 16.8 Å². The summed E-state index contributed by atoms with van der Waals surface area (Å²) < 4.78 is 0. The number of nitrogens with one attached hydrogen (secondary N) is 1. The lowest BCUT2D eigenvalue weighted by Gasteiger charge is -2.47. The lowest BCUT2D eigenvalue weighted by Crippen LogP contribution is -2.54. The van der Waals surface area contributed by atoms with E-state index >= 15 is 0 Å². The van der Waals surface area contributed by atoms with Gasteiger partial charge < -0.3 is 10.2 Å². The fraction of sp³-hybridized carbons (Fsp3) is 0.714. The number of nitrogens with zero attached hydrogens (tertiary/aromatic N) is 3. The molecule has 104 valence electrons. The van der Waals surface area contributed by atoms with Crippen LogP contribution in [0.4, 0.5) is 5.82 Å². The van der Waals surface area contributed by atoms with E-state index < -0.39 is 0 Å². The molecule has 0 aliphatic heterocycles. The number of aromatic nitrogens is 2. The van der Waals surface area contributed by atoms with E-state index in [2.05, 4.69) is 34.3 Å². The van der Waals surface area contributed by atoms with E-state index in [1.165, 1.54) is 32.1 Å². The molecule has 4 nitrogen and oxygen atoms in total. The largest absolute Gasteiger partial charge is 0.368 e. The van der Waals surface area contributed by atoms with E-state index in [4.69, 9.17) is 11.6 Å². The molecule has 1 aromatic heterocycles. The summed E-state index contributed by atoms with van der Waals surface area (Å²) in [4.78, 5) is 11.2. The summed E-state index contributed by atoms with van der Waals surface area (Å²) in [5, 5.41) is 4.00. The minimum absolute atomic E-state index is 0.289. The van der Waals surface area contributed by atoms with Crippen molar-refractivity contribution in [3.8, 4) is 0 Å². The smallest absolute Gasteiger partial charge is 0.135 e. The Labute approximate surface area is 119 Å². The van der Waals surface area contributed by atoms with Gasteiger partial charge in [0.15, 0.2) is 0 Å². The molecule has 1 aromatic rings. The molecule has 2 aliphatic carbocycles. The third kappa shape index (κ3) is 2.70. The molecule has 19 heavy (non-hydrogen) atoms. The first-order valence-electron chi connectivity index (χ1n) is 7.05. The van der Waals surface area contributed by atoms with Gasteiger partial charge in [-0.15, -0.1) is 0 Å². The molecule has 1 heterocycles. The highest BCUT2D eigenvalue weighted by Gasteiger charge is 2.38. The summed E-state index contributed by atoms with van der Waals surface area (Å²) in [5.41, 5.74) is 0.289. The van der Waals surface area contributed by atoms with Crippen molar-refractivity contribution >= 4 is 17.4 Å². The lowest BCUT2D eigenvalue weighted by atomic mass is 9.75. The number of hydrogen-bond donors (Lipinski definition) is 1. The van der Waals surface area contributed by atoms with Crippen molar-refractivity contribution in [3.63, 3.8) is 0 Å². The van der Waals surface area contributed by atoms with Crippen LogP contribution in [0.2, 0.25) is 5.15 Å². The Bertz CT molecular complexity index is 467. The van der Waals surface area contributed by atoms with Crippen LogP contribution in [0.5, 0.6) is 0 Å². The summed E-state index contributed by atoms with van der Waals surface area (Å²) in [6.45, 7) is 0.928. The number of halogens is 1. The average Bonchev–Trinajstić information content (AvgIpc) is 3.09. The van der Waals surface area contributed by atoms with Crippen LogP contribution in [-0.4, -0.2) is 41.0 Å². The number of likely N-dealkylation sites (N-methyl/N-ethyl adjacent to an activating group) is 1. The minimum Gasteiger partial charge on any atom is -0.368 e.